The summed E-state index contributed by atoms with van der Waals surface area (Å²) in [6.45, 7) is 0. The predicted molar refractivity (Wildman–Crippen MR) is 123 cm³/mol. The molecule has 0 saturated heterocycles. The van der Waals surface area contributed by atoms with Gasteiger partial charge in [0.15, 0.2) is 0 Å². The fraction of sp³-hybridized carbons (Fsp3) is 0. The second-order valence-corrected chi connectivity index (χ2v) is 7.39. The number of non-ortho nitro benzene ring substituents is 1. The van der Waals surface area contributed by atoms with Crippen LogP contribution in [0.1, 0.15) is 20.7 Å². The Morgan fingerprint density at radius 1 is 0.667 bits per heavy atom. The molecule has 1 aliphatic rings. The Balaban J connectivity index is 1.47. The van der Waals surface area contributed by atoms with E-state index in [1.165, 1.54) is 35.2 Å². The minimum atomic E-state index is -0.495. The summed E-state index contributed by atoms with van der Waals surface area (Å²) in [5.41, 5.74) is 2.65. The lowest BCUT2D eigenvalue weighted by atomic mass is 10.0. The molecule has 160 valence electrons. The van der Waals surface area contributed by atoms with Gasteiger partial charge in [-0.1, -0.05) is 48.5 Å². The number of nitrogens with zero attached hydrogens (tertiary/aromatic N) is 2. The molecule has 0 atom stereocenters. The van der Waals surface area contributed by atoms with Gasteiger partial charge < -0.3 is 4.74 Å². The molecule has 0 aliphatic carbocycles. The number of benzene rings is 4. The van der Waals surface area contributed by atoms with Crippen LogP contribution in [0, 0.1) is 10.1 Å². The fourth-order valence-electron chi connectivity index (χ4n) is 3.80. The highest BCUT2D eigenvalue weighted by atomic mass is 16.6. The van der Waals surface area contributed by atoms with Gasteiger partial charge in [-0.15, -0.1) is 0 Å². The zero-order chi connectivity index (χ0) is 22.9. The molecule has 0 saturated carbocycles. The van der Waals surface area contributed by atoms with Crippen molar-refractivity contribution in [3.8, 4) is 22.6 Å². The van der Waals surface area contributed by atoms with Crippen LogP contribution in [0.5, 0.6) is 11.5 Å². The van der Waals surface area contributed by atoms with Gasteiger partial charge in [-0.05, 0) is 42.0 Å². The van der Waals surface area contributed by atoms with Crippen molar-refractivity contribution in [1.29, 1.82) is 0 Å². The Labute approximate surface area is 188 Å². The third-order valence-electron chi connectivity index (χ3n) is 5.37. The van der Waals surface area contributed by atoms with Crippen molar-refractivity contribution in [2.75, 3.05) is 4.90 Å². The highest BCUT2D eigenvalue weighted by molar-refractivity contribution is 6.35. The largest absolute Gasteiger partial charge is 0.457 e. The minimum Gasteiger partial charge on any atom is -0.457 e. The number of anilines is 1. The first-order valence-corrected chi connectivity index (χ1v) is 10.1. The molecule has 5 rings (SSSR count). The number of fused-ring (bicyclic) bond motifs is 1. The van der Waals surface area contributed by atoms with Gasteiger partial charge in [0, 0.05) is 17.7 Å². The summed E-state index contributed by atoms with van der Waals surface area (Å²) in [6, 6.07) is 27.1. The van der Waals surface area contributed by atoms with Crippen LogP contribution in [0.3, 0.4) is 0 Å². The molecule has 4 aromatic rings. The molecule has 2 amide bonds. The van der Waals surface area contributed by atoms with Crippen LogP contribution in [-0.4, -0.2) is 16.7 Å². The Hall–Kier alpha value is -4.78. The van der Waals surface area contributed by atoms with Crippen LogP contribution in [-0.2, 0) is 0 Å². The summed E-state index contributed by atoms with van der Waals surface area (Å²) in [4.78, 5) is 38.0. The first-order valence-electron chi connectivity index (χ1n) is 10.1. The van der Waals surface area contributed by atoms with Gasteiger partial charge in [-0.2, -0.15) is 0 Å². The van der Waals surface area contributed by atoms with Crippen molar-refractivity contribution >= 4 is 23.2 Å². The monoisotopic (exact) mass is 436 g/mol. The summed E-state index contributed by atoms with van der Waals surface area (Å²) >= 11 is 0. The molecule has 0 unspecified atom stereocenters. The van der Waals surface area contributed by atoms with E-state index in [1.54, 1.807) is 24.3 Å². The number of ether oxygens (including phenoxy) is 1. The maximum absolute atomic E-state index is 13.3. The third-order valence-corrected chi connectivity index (χ3v) is 5.37. The number of hydrogen-bond donors (Lipinski definition) is 0. The van der Waals surface area contributed by atoms with Gasteiger partial charge in [0.1, 0.15) is 11.5 Å². The third kappa shape index (κ3) is 3.61. The number of carbonyl (C=O) groups is 2. The van der Waals surface area contributed by atoms with Crippen molar-refractivity contribution in [2.24, 2.45) is 0 Å². The van der Waals surface area contributed by atoms with Gasteiger partial charge >= 0.3 is 0 Å². The van der Waals surface area contributed by atoms with Crippen LogP contribution in [0.2, 0.25) is 0 Å². The topological polar surface area (TPSA) is 89.7 Å². The van der Waals surface area contributed by atoms with E-state index < -0.39 is 16.7 Å². The van der Waals surface area contributed by atoms with Crippen LogP contribution in [0.4, 0.5) is 11.4 Å². The van der Waals surface area contributed by atoms with Crippen molar-refractivity contribution in [1.82, 2.24) is 0 Å². The average molecular weight is 436 g/mol. The maximum atomic E-state index is 13.3. The van der Waals surface area contributed by atoms with E-state index >= 15 is 0 Å². The zero-order valence-corrected chi connectivity index (χ0v) is 17.2. The van der Waals surface area contributed by atoms with E-state index in [0.29, 0.717) is 22.7 Å². The molecule has 0 spiro atoms. The quantitative estimate of drug-likeness (QED) is 0.222. The first-order chi connectivity index (χ1) is 16.0. The SMILES string of the molecule is O=C1c2ccc(Oc3ccc([N+](=O)[O-])cc3)cc2C(=O)N1c1ccccc1-c1ccccc1. The molecule has 0 aromatic heterocycles. The molecule has 1 aliphatic heterocycles. The number of carbonyl (C=O) groups excluding carboxylic acids is 2. The second kappa shape index (κ2) is 8.05. The number of imide groups is 1. The zero-order valence-electron chi connectivity index (χ0n) is 17.2. The highest BCUT2D eigenvalue weighted by Gasteiger charge is 2.38. The highest BCUT2D eigenvalue weighted by Crippen LogP contribution is 2.37. The van der Waals surface area contributed by atoms with E-state index in [-0.39, 0.29) is 11.3 Å². The first kappa shape index (κ1) is 20.1. The van der Waals surface area contributed by atoms with Crippen LogP contribution in [0.15, 0.2) is 97.1 Å². The van der Waals surface area contributed by atoms with Crippen LogP contribution in [0.25, 0.3) is 11.1 Å². The molecular formula is C26H16N2O5. The predicted octanol–water partition coefficient (Wildman–Crippen LogP) is 5.85. The van der Waals surface area contributed by atoms with Gasteiger partial charge in [-0.25, -0.2) is 4.90 Å². The lowest BCUT2D eigenvalue weighted by Crippen LogP contribution is -2.29. The van der Waals surface area contributed by atoms with Crippen molar-refractivity contribution < 1.29 is 19.2 Å². The number of nitro benzene ring substituents is 1. The van der Waals surface area contributed by atoms with E-state index in [1.807, 2.05) is 42.5 Å². The van der Waals surface area contributed by atoms with Crippen molar-refractivity contribution in [3.63, 3.8) is 0 Å². The van der Waals surface area contributed by atoms with Gasteiger partial charge in [0.05, 0.1) is 21.7 Å². The average Bonchev–Trinajstić information content (AvgIpc) is 3.09. The molecule has 7 heteroatoms. The summed E-state index contributed by atoms with van der Waals surface area (Å²) in [6.07, 6.45) is 0. The molecular weight excluding hydrogens is 420 g/mol. The number of hydrogen-bond acceptors (Lipinski definition) is 5. The number of para-hydroxylation sites is 1. The van der Waals surface area contributed by atoms with Crippen LogP contribution < -0.4 is 9.64 Å². The molecule has 0 N–H and O–H groups in total. The van der Waals surface area contributed by atoms with E-state index in [2.05, 4.69) is 0 Å². The van der Waals surface area contributed by atoms with E-state index in [9.17, 15) is 19.7 Å². The van der Waals surface area contributed by atoms with Gasteiger partial charge in [0.2, 0.25) is 0 Å². The molecule has 1 heterocycles. The summed E-state index contributed by atoms with van der Waals surface area (Å²) < 4.78 is 5.75. The lowest BCUT2D eigenvalue weighted by molar-refractivity contribution is -0.384. The molecule has 33 heavy (non-hydrogen) atoms. The molecule has 7 nitrogen and oxygen atoms in total. The molecule has 0 fully saturated rings. The number of nitro groups is 1. The number of rotatable bonds is 5. The Kier molecular flexibility index (Phi) is 4.91. The van der Waals surface area contributed by atoms with Gasteiger partial charge in [-0.3, -0.25) is 19.7 Å². The summed E-state index contributed by atoms with van der Waals surface area (Å²) in [5, 5.41) is 10.8. The van der Waals surface area contributed by atoms with Crippen molar-refractivity contribution in [3.05, 3.63) is 118 Å². The Morgan fingerprint density at radius 2 is 1.30 bits per heavy atom. The molecule has 0 bridgehead atoms. The minimum absolute atomic E-state index is 0.0511. The van der Waals surface area contributed by atoms with Crippen molar-refractivity contribution in [2.45, 2.75) is 0 Å². The Morgan fingerprint density at radius 3 is 2.03 bits per heavy atom. The summed E-state index contributed by atoms with van der Waals surface area (Å²) in [7, 11) is 0. The Bertz CT molecular complexity index is 1400. The van der Waals surface area contributed by atoms with Gasteiger partial charge in [0.25, 0.3) is 17.5 Å². The van der Waals surface area contributed by atoms with E-state index in [0.717, 1.165) is 11.1 Å². The maximum Gasteiger partial charge on any atom is 0.269 e. The molecule has 0 radical (unpaired) electrons. The lowest BCUT2D eigenvalue weighted by Gasteiger charge is -2.18. The second-order valence-electron chi connectivity index (χ2n) is 7.39. The van der Waals surface area contributed by atoms with E-state index in [4.69, 9.17) is 4.74 Å². The normalized spacial score (nSPS) is 12.5. The molecule has 4 aromatic carbocycles. The number of amides is 2. The standard InChI is InChI=1S/C26H16N2O5/c29-25-22-15-14-20(33-19-12-10-18(11-13-19)28(31)32)16-23(22)26(30)27(25)24-9-5-4-8-21(24)17-6-2-1-3-7-17/h1-16H. The fourth-order valence-corrected chi connectivity index (χ4v) is 3.80. The summed E-state index contributed by atoms with van der Waals surface area (Å²) in [5.74, 6) is -0.113. The van der Waals surface area contributed by atoms with Crippen LogP contribution >= 0.6 is 0 Å². The smallest absolute Gasteiger partial charge is 0.269 e.